The minimum Gasteiger partial charge on any atom is -0.336 e. The Bertz CT molecular complexity index is 1260. The van der Waals surface area contributed by atoms with Crippen molar-refractivity contribution < 1.29 is 13.2 Å². The number of nitrogens with zero attached hydrogens (tertiary/aromatic N) is 3. The van der Waals surface area contributed by atoms with Crippen LogP contribution in [0.1, 0.15) is 10.4 Å². The summed E-state index contributed by atoms with van der Waals surface area (Å²) in [5.74, 6) is -0.167. The predicted octanol–water partition coefficient (Wildman–Crippen LogP) is 2.40. The fourth-order valence-corrected chi connectivity index (χ4v) is 5.99. The van der Waals surface area contributed by atoms with Crippen LogP contribution >= 0.6 is 22.9 Å². The van der Waals surface area contributed by atoms with Gasteiger partial charge in [0, 0.05) is 43.8 Å². The van der Waals surface area contributed by atoms with Crippen LogP contribution in [0.25, 0.3) is 10.2 Å². The number of thiazole rings is 1. The summed E-state index contributed by atoms with van der Waals surface area (Å²) in [5, 5.41) is 0.482. The first-order valence-electron chi connectivity index (χ1n) is 8.92. The second-order valence-electron chi connectivity index (χ2n) is 6.76. The van der Waals surface area contributed by atoms with E-state index in [-0.39, 0.29) is 28.8 Å². The Labute approximate surface area is 176 Å². The van der Waals surface area contributed by atoms with E-state index in [0.717, 1.165) is 11.3 Å². The van der Waals surface area contributed by atoms with Gasteiger partial charge in [-0.1, -0.05) is 29.0 Å². The molecule has 7 nitrogen and oxygen atoms in total. The van der Waals surface area contributed by atoms with Crippen LogP contribution in [0.5, 0.6) is 0 Å². The third kappa shape index (κ3) is 3.71. The summed E-state index contributed by atoms with van der Waals surface area (Å²) in [6, 6.07) is 11.4. The molecule has 0 unspecified atom stereocenters. The van der Waals surface area contributed by atoms with Gasteiger partial charge in [0.2, 0.25) is 10.0 Å². The lowest BCUT2D eigenvalue weighted by Crippen LogP contribution is -2.50. The number of halogens is 1. The van der Waals surface area contributed by atoms with Crippen LogP contribution in [0.15, 0.2) is 52.2 Å². The third-order valence-corrected chi connectivity index (χ3v) is 8.12. The standard InChI is InChI=1S/C19H18ClN3O4S2/c1-21-16-6-5-15(12-17(16)28-19(21)25)29(26,27)23-9-7-22(8-10-23)18(24)13-3-2-4-14(20)11-13/h2-6,11-12H,7-10H2,1H3. The maximum atomic E-state index is 13.0. The number of piperazine rings is 1. The van der Waals surface area contributed by atoms with Gasteiger partial charge in [-0.15, -0.1) is 0 Å². The normalized spacial score (nSPS) is 15.7. The van der Waals surface area contributed by atoms with Gasteiger partial charge in [0.15, 0.2) is 0 Å². The van der Waals surface area contributed by atoms with Crippen molar-refractivity contribution in [3.8, 4) is 0 Å². The van der Waals surface area contributed by atoms with Gasteiger partial charge in [0.1, 0.15) is 0 Å². The zero-order chi connectivity index (χ0) is 20.8. The summed E-state index contributed by atoms with van der Waals surface area (Å²) in [6.07, 6.45) is 0. The van der Waals surface area contributed by atoms with E-state index in [0.29, 0.717) is 33.9 Å². The Morgan fingerprint density at radius 1 is 1.07 bits per heavy atom. The number of sulfonamides is 1. The van der Waals surface area contributed by atoms with E-state index in [1.165, 1.54) is 14.9 Å². The summed E-state index contributed by atoms with van der Waals surface area (Å²) < 4.78 is 29.6. The molecule has 0 spiro atoms. The van der Waals surface area contributed by atoms with Gasteiger partial charge >= 0.3 is 4.87 Å². The van der Waals surface area contributed by atoms with Crippen LogP contribution in [0.3, 0.4) is 0 Å². The monoisotopic (exact) mass is 451 g/mol. The summed E-state index contributed by atoms with van der Waals surface area (Å²) >= 11 is 6.97. The summed E-state index contributed by atoms with van der Waals surface area (Å²) in [5.41, 5.74) is 1.19. The van der Waals surface area contributed by atoms with Gasteiger partial charge in [-0.2, -0.15) is 4.31 Å². The van der Waals surface area contributed by atoms with Gasteiger partial charge in [-0.25, -0.2) is 8.42 Å². The van der Waals surface area contributed by atoms with Gasteiger partial charge in [-0.05, 0) is 36.4 Å². The average Bonchev–Trinajstić information content (AvgIpc) is 3.00. The minimum absolute atomic E-state index is 0.136. The maximum Gasteiger partial charge on any atom is 0.307 e. The molecule has 29 heavy (non-hydrogen) atoms. The van der Waals surface area contributed by atoms with E-state index in [1.54, 1.807) is 48.3 Å². The molecular weight excluding hydrogens is 434 g/mol. The first kappa shape index (κ1) is 20.1. The molecule has 1 aliphatic heterocycles. The zero-order valence-corrected chi connectivity index (χ0v) is 17.9. The summed E-state index contributed by atoms with van der Waals surface area (Å²) in [4.78, 5) is 26.1. The molecule has 4 rings (SSSR count). The van der Waals surface area contributed by atoms with E-state index in [4.69, 9.17) is 11.6 Å². The molecule has 1 aliphatic rings. The summed E-state index contributed by atoms with van der Waals surface area (Å²) in [7, 11) is -2.05. The van der Waals surface area contributed by atoms with Crippen LogP contribution in [-0.2, 0) is 17.1 Å². The number of hydrogen-bond donors (Lipinski definition) is 0. The molecule has 1 amide bonds. The fourth-order valence-electron chi connectivity index (χ4n) is 3.36. The Morgan fingerprint density at radius 3 is 2.48 bits per heavy atom. The molecule has 10 heteroatoms. The largest absolute Gasteiger partial charge is 0.336 e. The Kier molecular flexibility index (Phi) is 5.24. The van der Waals surface area contributed by atoms with Crippen molar-refractivity contribution in [2.24, 2.45) is 7.05 Å². The molecule has 0 saturated carbocycles. The zero-order valence-electron chi connectivity index (χ0n) is 15.5. The molecule has 1 saturated heterocycles. The Morgan fingerprint density at radius 2 is 1.79 bits per heavy atom. The third-order valence-electron chi connectivity index (χ3n) is 5.00. The van der Waals surface area contributed by atoms with Crippen LogP contribution < -0.4 is 4.87 Å². The molecule has 0 atom stereocenters. The number of fused-ring (bicyclic) bond motifs is 1. The smallest absolute Gasteiger partial charge is 0.307 e. The van der Waals surface area contributed by atoms with Gasteiger partial charge in [0.05, 0.1) is 15.1 Å². The molecule has 1 fully saturated rings. The molecule has 0 aliphatic carbocycles. The highest BCUT2D eigenvalue weighted by molar-refractivity contribution is 7.89. The number of benzene rings is 2. The van der Waals surface area contributed by atoms with E-state index in [2.05, 4.69) is 0 Å². The Balaban J connectivity index is 1.51. The van der Waals surface area contributed by atoms with E-state index in [9.17, 15) is 18.0 Å². The second kappa shape index (κ2) is 7.56. The number of rotatable bonds is 3. The number of aryl methyl sites for hydroxylation is 1. The number of hydrogen-bond acceptors (Lipinski definition) is 5. The average molecular weight is 452 g/mol. The van der Waals surface area contributed by atoms with Crippen LogP contribution in [0.2, 0.25) is 5.02 Å². The molecule has 0 radical (unpaired) electrons. The van der Waals surface area contributed by atoms with E-state index >= 15 is 0 Å². The lowest BCUT2D eigenvalue weighted by Gasteiger charge is -2.34. The fraction of sp³-hybridized carbons (Fsp3) is 0.263. The van der Waals surface area contributed by atoms with Crippen molar-refractivity contribution in [3.63, 3.8) is 0 Å². The van der Waals surface area contributed by atoms with Crippen molar-refractivity contribution in [3.05, 3.63) is 62.7 Å². The number of carbonyl (C=O) groups is 1. The number of carbonyl (C=O) groups excluding carboxylic acids is 1. The quantitative estimate of drug-likeness (QED) is 0.612. The number of amides is 1. The number of aromatic nitrogens is 1. The molecule has 1 aromatic heterocycles. The lowest BCUT2D eigenvalue weighted by molar-refractivity contribution is 0.0698. The Hall–Kier alpha value is -2.20. The van der Waals surface area contributed by atoms with Crippen molar-refractivity contribution in [2.45, 2.75) is 4.90 Å². The van der Waals surface area contributed by atoms with E-state index < -0.39 is 10.0 Å². The van der Waals surface area contributed by atoms with Gasteiger partial charge in [-0.3, -0.25) is 9.59 Å². The molecular formula is C19H18ClN3O4S2. The maximum absolute atomic E-state index is 13.0. The molecule has 152 valence electrons. The molecule has 0 N–H and O–H groups in total. The summed E-state index contributed by atoms with van der Waals surface area (Å²) in [6.45, 7) is 1.01. The highest BCUT2D eigenvalue weighted by atomic mass is 35.5. The SMILES string of the molecule is Cn1c(=O)sc2cc(S(=O)(=O)N3CCN(C(=O)c4cccc(Cl)c4)CC3)ccc21. The van der Waals surface area contributed by atoms with E-state index in [1.807, 2.05) is 0 Å². The van der Waals surface area contributed by atoms with Crippen molar-refractivity contribution in [2.75, 3.05) is 26.2 Å². The van der Waals surface area contributed by atoms with Crippen LogP contribution in [0, 0.1) is 0 Å². The minimum atomic E-state index is -3.71. The second-order valence-corrected chi connectivity index (χ2v) is 10.1. The molecule has 0 bridgehead atoms. The van der Waals surface area contributed by atoms with Crippen molar-refractivity contribution >= 4 is 49.1 Å². The predicted molar refractivity (Wildman–Crippen MR) is 113 cm³/mol. The molecule has 2 heterocycles. The van der Waals surface area contributed by atoms with Crippen LogP contribution in [-0.4, -0.2) is 54.3 Å². The van der Waals surface area contributed by atoms with Gasteiger partial charge in [0.25, 0.3) is 5.91 Å². The van der Waals surface area contributed by atoms with Crippen molar-refractivity contribution in [1.82, 2.24) is 13.8 Å². The lowest BCUT2D eigenvalue weighted by atomic mass is 10.2. The first-order chi connectivity index (χ1) is 13.8. The highest BCUT2D eigenvalue weighted by Gasteiger charge is 2.30. The topological polar surface area (TPSA) is 79.7 Å². The first-order valence-corrected chi connectivity index (χ1v) is 11.6. The van der Waals surface area contributed by atoms with Gasteiger partial charge < -0.3 is 9.47 Å². The van der Waals surface area contributed by atoms with Crippen molar-refractivity contribution in [1.29, 1.82) is 0 Å². The molecule has 3 aromatic rings. The van der Waals surface area contributed by atoms with Crippen LogP contribution in [0.4, 0.5) is 0 Å². The molecule has 2 aromatic carbocycles. The highest BCUT2D eigenvalue weighted by Crippen LogP contribution is 2.24.